The van der Waals surface area contributed by atoms with Crippen LogP contribution in [0.15, 0.2) is 36.5 Å². The minimum absolute atomic E-state index is 0.447. The van der Waals surface area contributed by atoms with E-state index in [0.29, 0.717) is 6.10 Å². The van der Waals surface area contributed by atoms with Crippen LogP contribution in [0, 0.1) is 11.8 Å². The molecule has 1 saturated heterocycles. The van der Waals surface area contributed by atoms with Crippen LogP contribution in [0.5, 0.6) is 0 Å². The molecule has 3 atom stereocenters. The molecular formula is C16H26O. The third kappa shape index (κ3) is 4.91. The Hall–Kier alpha value is -0.820. The van der Waals surface area contributed by atoms with Crippen LogP contribution < -0.4 is 0 Å². The van der Waals surface area contributed by atoms with E-state index >= 15 is 0 Å². The lowest BCUT2D eigenvalue weighted by atomic mass is 9.83. The summed E-state index contributed by atoms with van der Waals surface area (Å²) in [5, 5.41) is 0. The third-order valence-corrected chi connectivity index (χ3v) is 3.72. The van der Waals surface area contributed by atoms with E-state index in [9.17, 15) is 0 Å². The zero-order valence-electron chi connectivity index (χ0n) is 11.5. The second-order valence-electron chi connectivity index (χ2n) is 5.11. The first-order chi connectivity index (χ1) is 8.17. The van der Waals surface area contributed by atoms with Crippen LogP contribution in [-0.2, 0) is 4.74 Å². The van der Waals surface area contributed by atoms with Crippen molar-refractivity contribution in [1.29, 1.82) is 0 Å². The Morgan fingerprint density at radius 1 is 1.41 bits per heavy atom. The zero-order valence-corrected chi connectivity index (χ0v) is 11.5. The van der Waals surface area contributed by atoms with E-state index in [1.165, 1.54) is 18.4 Å². The predicted octanol–water partition coefficient (Wildman–Crippen LogP) is 4.52. The Morgan fingerprint density at radius 3 is 2.76 bits per heavy atom. The van der Waals surface area contributed by atoms with Crippen molar-refractivity contribution in [2.75, 3.05) is 6.61 Å². The highest BCUT2D eigenvalue weighted by atomic mass is 16.5. The lowest BCUT2D eigenvalue weighted by molar-refractivity contribution is -0.0343. The van der Waals surface area contributed by atoms with Crippen molar-refractivity contribution in [3.63, 3.8) is 0 Å². The van der Waals surface area contributed by atoms with Gasteiger partial charge in [-0.2, -0.15) is 0 Å². The SMILES string of the molecule is C=C/C=C\C(=C/C)CCC1COC(C)CC1C. The molecule has 1 heterocycles. The van der Waals surface area contributed by atoms with E-state index < -0.39 is 0 Å². The molecule has 17 heavy (non-hydrogen) atoms. The van der Waals surface area contributed by atoms with Crippen LogP contribution in [-0.4, -0.2) is 12.7 Å². The molecule has 1 aliphatic rings. The Bertz CT molecular complexity index is 288. The topological polar surface area (TPSA) is 9.23 Å². The van der Waals surface area contributed by atoms with Crippen molar-refractivity contribution >= 4 is 0 Å². The van der Waals surface area contributed by atoms with Crippen molar-refractivity contribution in [2.24, 2.45) is 11.8 Å². The lowest BCUT2D eigenvalue weighted by Crippen LogP contribution is -2.30. The zero-order chi connectivity index (χ0) is 12.7. The summed E-state index contributed by atoms with van der Waals surface area (Å²) in [6, 6.07) is 0. The normalized spacial score (nSPS) is 30.8. The largest absolute Gasteiger partial charge is 0.378 e. The molecule has 0 aromatic carbocycles. The molecular weight excluding hydrogens is 208 g/mol. The van der Waals surface area contributed by atoms with Gasteiger partial charge in [0, 0.05) is 0 Å². The van der Waals surface area contributed by atoms with Gasteiger partial charge in [-0.3, -0.25) is 0 Å². The molecule has 3 unspecified atom stereocenters. The smallest absolute Gasteiger partial charge is 0.0549 e. The Morgan fingerprint density at radius 2 is 2.18 bits per heavy atom. The molecule has 1 nitrogen and oxygen atoms in total. The number of hydrogen-bond acceptors (Lipinski definition) is 1. The number of ether oxygens (including phenoxy) is 1. The first kappa shape index (κ1) is 14.2. The first-order valence-electron chi connectivity index (χ1n) is 6.73. The van der Waals surface area contributed by atoms with E-state index in [1.807, 2.05) is 12.2 Å². The third-order valence-electron chi connectivity index (χ3n) is 3.72. The van der Waals surface area contributed by atoms with Crippen LogP contribution in [0.1, 0.15) is 40.0 Å². The highest BCUT2D eigenvalue weighted by Crippen LogP contribution is 2.29. The van der Waals surface area contributed by atoms with Gasteiger partial charge in [-0.1, -0.05) is 43.4 Å². The van der Waals surface area contributed by atoms with Crippen molar-refractivity contribution in [1.82, 2.24) is 0 Å². The molecule has 0 saturated carbocycles. The van der Waals surface area contributed by atoms with Gasteiger partial charge in [0.15, 0.2) is 0 Å². The van der Waals surface area contributed by atoms with Gasteiger partial charge in [0.25, 0.3) is 0 Å². The molecule has 1 fully saturated rings. The van der Waals surface area contributed by atoms with Crippen molar-refractivity contribution in [2.45, 2.75) is 46.1 Å². The Kier molecular flexibility index (Phi) is 6.28. The molecule has 0 radical (unpaired) electrons. The van der Waals surface area contributed by atoms with E-state index in [0.717, 1.165) is 24.9 Å². The van der Waals surface area contributed by atoms with Gasteiger partial charge >= 0.3 is 0 Å². The van der Waals surface area contributed by atoms with Gasteiger partial charge in [-0.05, 0) is 44.9 Å². The monoisotopic (exact) mass is 234 g/mol. The van der Waals surface area contributed by atoms with E-state index in [4.69, 9.17) is 4.74 Å². The summed E-state index contributed by atoms with van der Waals surface area (Å²) in [6.07, 6.45) is 12.2. The summed E-state index contributed by atoms with van der Waals surface area (Å²) < 4.78 is 5.75. The molecule has 0 aromatic rings. The van der Waals surface area contributed by atoms with Gasteiger partial charge in [0.05, 0.1) is 12.7 Å². The van der Waals surface area contributed by atoms with E-state index in [-0.39, 0.29) is 0 Å². The lowest BCUT2D eigenvalue weighted by Gasteiger charge is -2.33. The van der Waals surface area contributed by atoms with E-state index in [1.54, 1.807) is 0 Å². The fourth-order valence-corrected chi connectivity index (χ4v) is 2.47. The standard InChI is InChI=1S/C16H26O/c1-5-7-8-15(6-2)9-10-16-12-17-14(4)11-13(16)3/h5-8,13-14,16H,1,9-12H2,2-4H3/b8-7-,15-6+. The first-order valence-corrected chi connectivity index (χ1v) is 6.73. The number of allylic oxidation sites excluding steroid dienone is 5. The average Bonchev–Trinajstić information content (AvgIpc) is 2.31. The second kappa shape index (κ2) is 7.50. The van der Waals surface area contributed by atoms with Crippen LogP contribution in [0.4, 0.5) is 0 Å². The Balaban J connectivity index is 2.39. The molecule has 0 aromatic heterocycles. The number of rotatable bonds is 5. The fraction of sp³-hybridized carbons (Fsp3) is 0.625. The average molecular weight is 234 g/mol. The minimum atomic E-state index is 0.447. The van der Waals surface area contributed by atoms with Gasteiger partial charge in [-0.15, -0.1) is 0 Å². The number of hydrogen-bond donors (Lipinski definition) is 0. The summed E-state index contributed by atoms with van der Waals surface area (Å²) in [4.78, 5) is 0. The van der Waals surface area contributed by atoms with Gasteiger partial charge < -0.3 is 4.74 Å². The van der Waals surface area contributed by atoms with Crippen molar-refractivity contribution in [3.05, 3.63) is 36.5 Å². The van der Waals surface area contributed by atoms with Crippen molar-refractivity contribution < 1.29 is 4.74 Å². The summed E-state index contributed by atoms with van der Waals surface area (Å²) in [5.74, 6) is 1.51. The van der Waals surface area contributed by atoms with Gasteiger partial charge in [0.1, 0.15) is 0 Å². The maximum atomic E-state index is 5.75. The summed E-state index contributed by atoms with van der Waals surface area (Å²) >= 11 is 0. The van der Waals surface area contributed by atoms with Crippen LogP contribution in [0.25, 0.3) is 0 Å². The minimum Gasteiger partial charge on any atom is -0.378 e. The maximum absolute atomic E-state index is 5.75. The van der Waals surface area contributed by atoms with Gasteiger partial charge in [0.2, 0.25) is 0 Å². The molecule has 1 rings (SSSR count). The highest BCUT2D eigenvalue weighted by molar-refractivity contribution is 5.20. The molecule has 96 valence electrons. The highest BCUT2D eigenvalue weighted by Gasteiger charge is 2.25. The van der Waals surface area contributed by atoms with Crippen molar-refractivity contribution in [3.8, 4) is 0 Å². The molecule has 1 heteroatoms. The van der Waals surface area contributed by atoms with Crippen LogP contribution in [0.3, 0.4) is 0 Å². The second-order valence-corrected chi connectivity index (χ2v) is 5.11. The molecule has 1 aliphatic heterocycles. The van der Waals surface area contributed by atoms with Gasteiger partial charge in [-0.25, -0.2) is 0 Å². The maximum Gasteiger partial charge on any atom is 0.0549 e. The summed E-state index contributed by atoms with van der Waals surface area (Å²) in [5.41, 5.74) is 1.40. The van der Waals surface area contributed by atoms with E-state index in [2.05, 4.69) is 39.5 Å². The predicted molar refractivity (Wildman–Crippen MR) is 75.0 cm³/mol. The van der Waals surface area contributed by atoms with Crippen LogP contribution in [0.2, 0.25) is 0 Å². The summed E-state index contributed by atoms with van der Waals surface area (Å²) in [7, 11) is 0. The molecule has 0 spiro atoms. The molecule has 0 aliphatic carbocycles. The fourth-order valence-electron chi connectivity index (χ4n) is 2.47. The Labute approximate surface area is 106 Å². The quantitative estimate of drug-likeness (QED) is 0.636. The molecule has 0 amide bonds. The molecule has 0 N–H and O–H groups in total. The van der Waals surface area contributed by atoms with Crippen LogP contribution >= 0.6 is 0 Å². The molecule has 0 bridgehead atoms. The summed E-state index contributed by atoms with van der Waals surface area (Å²) in [6.45, 7) is 11.3.